The van der Waals surface area contributed by atoms with Crippen LogP contribution in [-0.4, -0.2) is 0 Å². The van der Waals surface area contributed by atoms with E-state index in [1.807, 2.05) is 105 Å². The van der Waals surface area contributed by atoms with Gasteiger partial charge in [-0.15, -0.1) is 37.0 Å². The summed E-state index contributed by atoms with van der Waals surface area (Å²) in [7, 11) is 0. The van der Waals surface area contributed by atoms with E-state index < -0.39 is 0 Å². The van der Waals surface area contributed by atoms with Crippen LogP contribution in [0, 0.1) is 100 Å². The zero-order chi connectivity index (χ0) is 76.6. The molecule has 0 bridgehead atoms. The van der Waals surface area contributed by atoms with E-state index >= 15 is 0 Å². The zero-order valence-electron chi connectivity index (χ0n) is 66.4. The molecule has 0 fully saturated rings. The Morgan fingerprint density at radius 3 is 0.912 bits per heavy atom. The van der Waals surface area contributed by atoms with E-state index in [0.717, 1.165) is 49.5 Å². The fourth-order valence-electron chi connectivity index (χ4n) is 8.66. The van der Waals surface area contributed by atoms with Crippen molar-refractivity contribution in [2.75, 3.05) is 0 Å². The summed E-state index contributed by atoms with van der Waals surface area (Å²) in [6, 6.07) is 86.9. The second kappa shape index (κ2) is 62.5. The quantitative estimate of drug-likeness (QED) is 0.133. The predicted octanol–water partition coefficient (Wildman–Crippen LogP) is 29.8. The maximum atomic E-state index is 5.53. The first-order chi connectivity index (χ1) is 49.5. The highest BCUT2D eigenvalue weighted by atomic mass is 14.1. The lowest BCUT2D eigenvalue weighted by molar-refractivity contribution is 1.09. The lowest BCUT2D eigenvalue weighted by Crippen LogP contribution is -1.85. The molecule has 0 atom stereocenters. The van der Waals surface area contributed by atoms with Crippen LogP contribution in [0.3, 0.4) is 0 Å². The van der Waals surface area contributed by atoms with Crippen molar-refractivity contribution in [3.8, 4) is 72.6 Å². The summed E-state index contributed by atoms with van der Waals surface area (Å²) in [6.45, 7) is 43.6. The van der Waals surface area contributed by atoms with E-state index in [-0.39, 0.29) is 0 Å². The minimum atomic E-state index is 0.863. The molecule has 12 aromatic carbocycles. The van der Waals surface area contributed by atoms with E-state index in [0.29, 0.717) is 0 Å². The standard InChI is InChI=1S/2C15H10.3C11H10.C11H8.C7H8.7C3H8/c1-3-7-13-11-15-9-6-5-8-14(15)10-12(13)4-2;1-3-7-12-10-11-13-8-5-6-9-15(13)14(12)4-2;1-9-5-4-7-10-6-2-3-8-11(9)10;2*1-9-6-7-10-4-2-3-5-11(10)8-9;1-3-7-11-9-6-5-8-10(11)4-2;1-7-5-3-2-4-6-7;7*1-3-2/h2*2,5-6,8-11H,1H3;3*2-8H,1H3;2,5-6,8-9H,1H3;2-6H,1H3;7*3H2,1-2H3. The van der Waals surface area contributed by atoms with Gasteiger partial charge in [-0.1, -0.05) is 419 Å². The molecule has 0 aromatic heterocycles. The van der Waals surface area contributed by atoms with Crippen LogP contribution >= 0.6 is 0 Å². The minimum Gasteiger partial charge on any atom is -0.115 e. The van der Waals surface area contributed by atoms with Gasteiger partial charge in [0.25, 0.3) is 0 Å². The number of aryl methyl sites for hydroxylation is 4. The van der Waals surface area contributed by atoms with Crippen molar-refractivity contribution in [3.63, 3.8) is 0 Å². The number of hydrogen-bond donors (Lipinski definition) is 0. The van der Waals surface area contributed by atoms with Gasteiger partial charge in [0.05, 0.1) is 0 Å². The summed E-state index contributed by atoms with van der Waals surface area (Å²) in [5, 5.41) is 12.6. The summed E-state index contributed by atoms with van der Waals surface area (Å²) in [5.74, 6) is 25.5. The van der Waals surface area contributed by atoms with Gasteiger partial charge in [0, 0.05) is 33.4 Å². The molecule has 12 aromatic rings. The molecule has 0 N–H and O–H groups in total. The molecule has 0 aliphatic rings. The van der Waals surface area contributed by atoms with Crippen LogP contribution in [0.5, 0.6) is 0 Å². The summed E-state index contributed by atoms with van der Waals surface area (Å²) >= 11 is 0. The van der Waals surface area contributed by atoms with Crippen LogP contribution in [0.15, 0.2) is 255 Å². The normalized spacial score (nSPS) is 8.65. The van der Waals surface area contributed by atoms with Gasteiger partial charge in [0.2, 0.25) is 0 Å². The van der Waals surface area contributed by atoms with Gasteiger partial charge in [0.15, 0.2) is 0 Å². The van der Waals surface area contributed by atoms with Gasteiger partial charge in [-0.25, -0.2) is 0 Å². The monoisotopic (exact) mass is 1350 g/mol. The SMILES string of the molecule is C#Cc1c(C#CC)ccc2ccccc12.C#Cc1cc2ccccc2cc1C#CC.C#Cc1ccccc1C#CC.CCC.CCC.CCC.CCC.CCC.CCC.CCC.Cc1ccc2ccccc2c1.Cc1ccc2ccccc2c1.Cc1cccc2ccccc12.Cc1ccccc1. The first-order valence-electron chi connectivity index (χ1n) is 36.7. The Bertz CT molecular complexity index is 4360. The molecular formula is C102H122. The molecule has 0 radical (unpaired) electrons. The van der Waals surface area contributed by atoms with Crippen molar-refractivity contribution in [2.45, 2.75) is 190 Å². The molecule has 0 aliphatic heterocycles. The average molecular weight is 1350 g/mol. The van der Waals surface area contributed by atoms with Crippen LogP contribution in [0.2, 0.25) is 0 Å². The van der Waals surface area contributed by atoms with Gasteiger partial charge in [0.1, 0.15) is 0 Å². The molecule has 12 rings (SSSR count). The second-order valence-electron chi connectivity index (χ2n) is 23.7. The summed E-state index contributed by atoms with van der Waals surface area (Å²) < 4.78 is 0. The maximum absolute atomic E-state index is 5.53. The van der Waals surface area contributed by atoms with Crippen LogP contribution in [-0.2, 0) is 0 Å². The van der Waals surface area contributed by atoms with Gasteiger partial charge >= 0.3 is 0 Å². The molecule has 0 spiro atoms. The molecule has 0 heteroatoms. The van der Waals surface area contributed by atoms with Crippen molar-refractivity contribution in [1.29, 1.82) is 0 Å². The Balaban J connectivity index is 0. The van der Waals surface area contributed by atoms with Crippen LogP contribution in [0.25, 0.3) is 53.9 Å². The first-order valence-corrected chi connectivity index (χ1v) is 36.7. The molecule has 0 amide bonds. The third-order valence-electron chi connectivity index (χ3n) is 12.7. The third kappa shape index (κ3) is 40.4. The van der Waals surface area contributed by atoms with Crippen molar-refractivity contribution in [2.24, 2.45) is 0 Å². The smallest absolute Gasteiger partial charge is 0.0477 e. The molecule has 0 saturated carbocycles. The van der Waals surface area contributed by atoms with Crippen LogP contribution in [0.1, 0.15) is 218 Å². The van der Waals surface area contributed by atoms with Crippen molar-refractivity contribution >= 4 is 53.9 Å². The first kappa shape index (κ1) is 93.4. The molecule has 530 valence electrons. The third-order valence-corrected chi connectivity index (χ3v) is 12.7. The highest BCUT2D eigenvalue weighted by Gasteiger charge is 2.03. The topological polar surface area (TPSA) is 0 Å². The highest BCUT2D eigenvalue weighted by molar-refractivity contribution is 5.91. The Hall–Kier alpha value is -10.7. The van der Waals surface area contributed by atoms with Gasteiger partial charge in [-0.2, -0.15) is 0 Å². The highest BCUT2D eigenvalue weighted by Crippen LogP contribution is 2.23. The van der Waals surface area contributed by atoms with Crippen molar-refractivity contribution < 1.29 is 0 Å². The van der Waals surface area contributed by atoms with E-state index in [1.54, 1.807) is 6.92 Å². The van der Waals surface area contributed by atoms with Gasteiger partial charge in [-0.3, -0.25) is 0 Å². The van der Waals surface area contributed by atoms with E-state index in [1.165, 1.54) is 105 Å². The number of rotatable bonds is 0. The van der Waals surface area contributed by atoms with Crippen molar-refractivity contribution in [1.82, 2.24) is 0 Å². The molecular weight excluding hydrogens is 1230 g/mol. The molecule has 102 heavy (non-hydrogen) atoms. The predicted molar refractivity (Wildman–Crippen MR) is 465 cm³/mol. The molecule has 0 unspecified atom stereocenters. The molecule has 0 nitrogen and oxygen atoms in total. The van der Waals surface area contributed by atoms with E-state index in [9.17, 15) is 0 Å². The maximum Gasteiger partial charge on any atom is 0.0477 e. The average Bonchev–Trinajstić information content (AvgIpc) is 0.825. The number of benzene rings is 12. The van der Waals surface area contributed by atoms with Gasteiger partial charge < -0.3 is 0 Å². The van der Waals surface area contributed by atoms with E-state index in [4.69, 9.17) is 19.3 Å². The molecule has 0 saturated heterocycles. The Morgan fingerprint density at radius 1 is 0.225 bits per heavy atom. The largest absolute Gasteiger partial charge is 0.115 e. The van der Waals surface area contributed by atoms with Crippen LogP contribution < -0.4 is 0 Å². The summed E-state index contributed by atoms with van der Waals surface area (Å²) in [4.78, 5) is 0. The fraction of sp³-hybridized carbons (Fsp3) is 0.275. The number of hydrogen-bond acceptors (Lipinski definition) is 0. The van der Waals surface area contributed by atoms with Crippen molar-refractivity contribution in [3.05, 3.63) is 310 Å². The van der Waals surface area contributed by atoms with Crippen LogP contribution in [0.4, 0.5) is 0 Å². The molecule has 0 aliphatic carbocycles. The zero-order valence-corrected chi connectivity index (χ0v) is 66.4. The fourth-order valence-corrected chi connectivity index (χ4v) is 8.66. The number of fused-ring (bicyclic) bond motifs is 5. The lowest BCUT2D eigenvalue weighted by Gasteiger charge is -2.02. The second-order valence-corrected chi connectivity index (χ2v) is 23.7. The van der Waals surface area contributed by atoms with E-state index in [2.05, 4.69) is 342 Å². The minimum absolute atomic E-state index is 0.863. The Labute approximate surface area is 623 Å². The Morgan fingerprint density at radius 2 is 0.529 bits per heavy atom. The Kier molecular flexibility index (Phi) is 57.2. The molecule has 0 heterocycles. The summed E-state index contributed by atoms with van der Waals surface area (Å²) in [6.07, 6.45) is 25.0. The number of terminal acetylenes is 3. The summed E-state index contributed by atoms with van der Waals surface area (Å²) in [5.41, 5.74) is 10.7. The van der Waals surface area contributed by atoms with Gasteiger partial charge in [-0.05, 0) is 138 Å². The lowest BCUT2D eigenvalue weighted by atomic mass is 10.00.